The quantitative estimate of drug-likeness (QED) is 0.786. The summed E-state index contributed by atoms with van der Waals surface area (Å²) in [7, 11) is 0. The molecule has 0 aliphatic carbocycles. The Labute approximate surface area is 98.9 Å². The Balaban J connectivity index is 2.30. The van der Waals surface area contributed by atoms with Crippen molar-refractivity contribution in [3.63, 3.8) is 0 Å². The molecule has 1 aromatic carbocycles. The van der Waals surface area contributed by atoms with Gasteiger partial charge in [-0.1, -0.05) is 17.7 Å². The van der Waals surface area contributed by atoms with Crippen molar-refractivity contribution in [1.82, 2.24) is 4.98 Å². The highest BCUT2D eigenvalue weighted by atomic mass is 16.4. The average molecular weight is 229 g/mol. The molecule has 0 amide bonds. The number of nitrogens with zero attached hydrogens (tertiary/aromatic N) is 1. The van der Waals surface area contributed by atoms with Gasteiger partial charge in [0.05, 0.1) is 0 Å². The van der Waals surface area contributed by atoms with E-state index in [1.807, 2.05) is 31.2 Å². The molecule has 0 unspecified atom stereocenters. The standard InChI is InChI=1S/C13H12N2O2/c1-9-4-6-10(7-5-9)15-12-11(13(16)17)3-2-8-14-12/h2-8H,1H3,(H,14,15)(H,16,17)/p+1. The minimum Gasteiger partial charge on any atom is -0.477 e. The van der Waals surface area contributed by atoms with Crippen LogP contribution in [0.1, 0.15) is 15.9 Å². The third-order valence-electron chi connectivity index (χ3n) is 2.45. The number of carboxylic acid groups (broad SMARTS) is 1. The maximum absolute atomic E-state index is 11.0. The van der Waals surface area contributed by atoms with Crippen molar-refractivity contribution in [2.45, 2.75) is 6.92 Å². The van der Waals surface area contributed by atoms with E-state index in [-0.39, 0.29) is 5.56 Å². The summed E-state index contributed by atoms with van der Waals surface area (Å²) in [5, 5.41) is 10.8. The van der Waals surface area contributed by atoms with Crippen LogP contribution >= 0.6 is 0 Å². The van der Waals surface area contributed by atoms with Crippen LogP contribution in [-0.4, -0.2) is 16.1 Å². The van der Waals surface area contributed by atoms with Gasteiger partial charge in [0, 0.05) is 6.20 Å². The summed E-state index contributed by atoms with van der Waals surface area (Å²) >= 11 is 0. The van der Waals surface area contributed by atoms with Crippen molar-refractivity contribution in [2.24, 2.45) is 0 Å². The van der Waals surface area contributed by atoms with Crippen LogP contribution in [0, 0.1) is 6.92 Å². The number of hydrogen-bond acceptors (Lipinski definition) is 2. The van der Waals surface area contributed by atoms with E-state index in [4.69, 9.17) is 5.11 Å². The Morgan fingerprint density at radius 2 is 1.94 bits per heavy atom. The Kier molecular flexibility index (Phi) is 3.16. The summed E-state index contributed by atoms with van der Waals surface area (Å²) in [5.74, 6) is -0.486. The summed E-state index contributed by atoms with van der Waals surface area (Å²) in [4.78, 5) is 15.1. The number of hydrogen-bond donors (Lipinski definition) is 2. The van der Waals surface area contributed by atoms with E-state index >= 15 is 0 Å². The van der Waals surface area contributed by atoms with E-state index in [0.717, 1.165) is 5.69 Å². The molecule has 0 fully saturated rings. The van der Waals surface area contributed by atoms with E-state index in [1.165, 1.54) is 5.56 Å². The molecule has 0 aliphatic rings. The molecular weight excluding hydrogens is 216 g/mol. The van der Waals surface area contributed by atoms with Crippen molar-refractivity contribution < 1.29 is 15.2 Å². The predicted octanol–water partition coefficient (Wildman–Crippen LogP) is 1.61. The van der Waals surface area contributed by atoms with E-state index in [0.29, 0.717) is 5.82 Å². The third-order valence-corrected chi connectivity index (χ3v) is 2.45. The molecule has 0 aliphatic heterocycles. The van der Waals surface area contributed by atoms with E-state index in [2.05, 4.69) is 4.98 Å². The molecular formula is C13H13N2O2+. The van der Waals surface area contributed by atoms with Gasteiger partial charge in [0.15, 0.2) is 0 Å². The number of carbonyl (C=O) groups is 1. The monoisotopic (exact) mass is 229 g/mol. The van der Waals surface area contributed by atoms with Crippen LogP contribution in [0.3, 0.4) is 0 Å². The van der Waals surface area contributed by atoms with Crippen LogP contribution < -0.4 is 5.32 Å². The minimum absolute atomic E-state index is 0.216. The summed E-state index contributed by atoms with van der Waals surface area (Å²) in [6, 6.07) is 11.0. The highest BCUT2D eigenvalue weighted by molar-refractivity contribution is 5.91. The number of quaternary nitrogens is 1. The molecule has 0 atom stereocenters. The van der Waals surface area contributed by atoms with E-state index in [1.54, 1.807) is 23.6 Å². The molecule has 0 saturated carbocycles. The predicted molar refractivity (Wildman–Crippen MR) is 63.6 cm³/mol. The number of pyridine rings is 1. The van der Waals surface area contributed by atoms with Crippen molar-refractivity contribution in [3.8, 4) is 0 Å². The first-order chi connectivity index (χ1) is 8.16. The number of carboxylic acids is 1. The largest absolute Gasteiger partial charge is 0.477 e. The third kappa shape index (κ3) is 2.68. The number of aryl methyl sites for hydroxylation is 1. The Bertz CT molecular complexity index is 535. The van der Waals surface area contributed by atoms with Gasteiger partial charge >= 0.3 is 5.97 Å². The van der Waals surface area contributed by atoms with Crippen LogP contribution in [0.4, 0.5) is 11.5 Å². The van der Waals surface area contributed by atoms with Crippen molar-refractivity contribution in [2.75, 3.05) is 0 Å². The first-order valence-corrected chi connectivity index (χ1v) is 5.26. The second-order valence-corrected chi connectivity index (χ2v) is 3.80. The molecule has 3 N–H and O–H groups in total. The zero-order chi connectivity index (χ0) is 12.3. The maximum Gasteiger partial charge on any atom is 0.343 e. The second kappa shape index (κ2) is 4.76. The summed E-state index contributed by atoms with van der Waals surface area (Å²) in [5.41, 5.74) is 2.33. The van der Waals surface area contributed by atoms with Crippen molar-refractivity contribution in [1.29, 1.82) is 0 Å². The molecule has 2 aromatic rings. The van der Waals surface area contributed by atoms with Gasteiger partial charge in [-0.3, -0.25) is 5.32 Å². The minimum atomic E-state index is -0.962. The molecule has 4 heteroatoms. The lowest BCUT2D eigenvalue weighted by Crippen LogP contribution is -2.72. The Morgan fingerprint density at radius 3 is 2.59 bits per heavy atom. The number of aromatic nitrogens is 1. The van der Waals surface area contributed by atoms with Gasteiger partial charge in [0.1, 0.15) is 11.3 Å². The van der Waals surface area contributed by atoms with Gasteiger partial charge in [0.25, 0.3) is 0 Å². The van der Waals surface area contributed by atoms with E-state index < -0.39 is 5.97 Å². The fraction of sp³-hybridized carbons (Fsp3) is 0.0769. The molecule has 4 nitrogen and oxygen atoms in total. The van der Waals surface area contributed by atoms with Crippen LogP contribution in [0.25, 0.3) is 0 Å². The fourth-order valence-electron chi connectivity index (χ4n) is 1.53. The number of rotatable bonds is 3. The SMILES string of the molecule is Cc1ccc([NH2+]c2ncccc2C(=O)O)cc1. The van der Waals surface area contributed by atoms with Gasteiger partial charge in [-0.25, -0.2) is 9.78 Å². The lowest BCUT2D eigenvalue weighted by Gasteiger charge is -2.02. The zero-order valence-corrected chi connectivity index (χ0v) is 9.42. The molecule has 86 valence electrons. The van der Waals surface area contributed by atoms with Crippen LogP contribution in [-0.2, 0) is 0 Å². The molecule has 0 spiro atoms. The van der Waals surface area contributed by atoms with Gasteiger partial charge in [-0.2, -0.15) is 0 Å². The maximum atomic E-state index is 11.0. The highest BCUT2D eigenvalue weighted by Crippen LogP contribution is 2.09. The molecule has 0 radical (unpaired) electrons. The normalized spacial score (nSPS) is 10.2. The van der Waals surface area contributed by atoms with Crippen molar-refractivity contribution in [3.05, 3.63) is 53.7 Å². The smallest absolute Gasteiger partial charge is 0.343 e. The molecule has 1 heterocycles. The van der Waals surface area contributed by atoms with Crippen LogP contribution in [0.5, 0.6) is 0 Å². The lowest BCUT2D eigenvalue weighted by atomic mass is 10.2. The summed E-state index contributed by atoms with van der Waals surface area (Å²) in [6.07, 6.45) is 1.59. The second-order valence-electron chi connectivity index (χ2n) is 3.80. The van der Waals surface area contributed by atoms with Gasteiger partial charge < -0.3 is 5.11 Å². The Hall–Kier alpha value is -2.20. The molecule has 0 bridgehead atoms. The van der Waals surface area contributed by atoms with Crippen LogP contribution in [0.15, 0.2) is 42.6 Å². The zero-order valence-electron chi connectivity index (χ0n) is 9.42. The van der Waals surface area contributed by atoms with Gasteiger partial charge in [0.2, 0.25) is 5.82 Å². The first kappa shape index (κ1) is 11.3. The van der Waals surface area contributed by atoms with Crippen LogP contribution in [0.2, 0.25) is 0 Å². The van der Waals surface area contributed by atoms with Crippen molar-refractivity contribution >= 4 is 17.5 Å². The first-order valence-electron chi connectivity index (χ1n) is 5.26. The topological polar surface area (TPSA) is 66.8 Å². The number of nitrogens with two attached hydrogens (primary N) is 1. The highest BCUT2D eigenvalue weighted by Gasteiger charge is 2.14. The lowest BCUT2D eigenvalue weighted by molar-refractivity contribution is -0.483. The van der Waals surface area contributed by atoms with Gasteiger partial charge in [-0.05, 0) is 31.2 Å². The van der Waals surface area contributed by atoms with E-state index in [9.17, 15) is 4.79 Å². The summed E-state index contributed by atoms with van der Waals surface area (Å²) in [6.45, 7) is 2.01. The average Bonchev–Trinajstić information content (AvgIpc) is 2.32. The fourth-order valence-corrected chi connectivity index (χ4v) is 1.53. The van der Waals surface area contributed by atoms with Gasteiger partial charge in [-0.15, -0.1) is 0 Å². The molecule has 17 heavy (non-hydrogen) atoms. The molecule has 1 aromatic heterocycles. The Morgan fingerprint density at radius 1 is 1.24 bits per heavy atom. The summed E-state index contributed by atoms with van der Waals surface area (Å²) < 4.78 is 0. The molecule has 0 saturated heterocycles. The number of benzene rings is 1. The number of aromatic carboxylic acids is 1. The molecule has 2 rings (SSSR count).